The van der Waals surface area contributed by atoms with Crippen LogP contribution in [0.4, 0.5) is 4.79 Å². The second-order valence-corrected chi connectivity index (χ2v) is 5.58. The van der Waals surface area contributed by atoms with E-state index >= 15 is 0 Å². The minimum absolute atomic E-state index is 0.205. The van der Waals surface area contributed by atoms with Gasteiger partial charge in [0.15, 0.2) is 0 Å². The van der Waals surface area contributed by atoms with Crippen LogP contribution >= 0.6 is 0 Å². The summed E-state index contributed by atoms with van der Waals surface area (Å²) in [5.41, 5.74) is 1.47. The van der Waals surface area contributed by atoms with E-state index in [1.165, 1.54) is 4.90 Å². The van der Waals surface area contributed by atoms with Gasteiger partial charge in [-0.05, 0) is 24.1 Å². The van der Waals surface area contributed by atoms with E-state index in [-0.39, 0.29) is 25.5 Å². The number of hydrogen-bond donors (Lipinski definition) is 2. The van der Waals surface area contributed by atoms with Gasteiger partial charge in [0.2, 0.25) is 11.8 Å². The number of carbonyl (C=O) groups excluding carboxylic acids is 3. The molecule has 2 heterocycles. The molecule has 0 aliphatic carbocycles. The number of aliphatic hydroxyl groups excluding tert-OH is 1. The van der Waals surface area contributed by atoms with Crippen molar-refractivity contribution in [3.05, 3.63) is 35.4 Å². The van der Waals surface area contributed by atoms with Crippen molar-refractivity contribution in [1.82, 2.24) is 10.2 Å². The first-order valence-electron chi connectivity index (χ1n) is 7.59. The lowest BCUT2D eigenvalue weighted by molar-refractivity contribution is -0.136. The number of piperidine rings is 1. The predicted octanol–water partition coefficient (Wildman–Crippen LogP) is 0.329. The molecule has 0 radical (unpaired) electrons. The van der Waals surface area contributed by atoms with Crippen LogP contribution in [0.3, 0.4) is 0 Å². The first-order valence-corrected chi connectivity index (χ1v) is 7.59. The summed E-state index contributed by atoms with van der Waals surface area (Å²) < 4.78 is 5.37. The first kappa shape index (κ1) is 16.0. The number of hydrogen-bond acceptors (Lipinski definition) is 5. The Bertz CT molecular complexity index is 749. The van der Waals surface area contributed by atoms with Crippen LogP contribution in [0.15, 0.2) is 24.3 Å². The number of imide groups is 1. The first-order chi connectivity index (χ1) is 11.6. The molecule has 1 aromatic rings. The van der Waals surface area contributed by atoms with Gasteiger partial charge in [-0.3, -0.25) is 19.8 Å². The van der Waals surface area contributed by atoms with E-state index in [2.05, 4.69) is 17.2 Å². The van der Waals surface area contributed by atoms with Gasteiger partial charge >= 0.3 is 6.09 Å². The molecule has 0 aromatic heterocycles. The van der Waals surface area contributed by atoms with Crippen molar-refractivity contribution in [2.45, 2.75) is 25.0 Å². The van der Waals surface area contributed by atoms with Crippen molar-refractivity contribution in [1.29, 1.82) is 0 Å². The molecule has 3 amide bonds. The third-order valence-corrected chi connectivity index (χ3v) is 4.00. The molecule has 124 valence electrons. The van der Waals surface area contributed by atoms with Gasteiger partial charge in [-0.2, -0.15) is 0 Å². The summed E-state index contributed by atoms with van der Waals surface area (Å²) in [6.07, 6.45) is -0.564. The molecule has 3 rings (SSSR count). The Kier molecular flexibility index (Phi) is 4.49. The third-order valence-electron chi connectivity index (χ3n) is 4.00. The molecule has 2 aliphatic heterocycles. The normalized spacial score (nSPS) is 23.4. The molecule has 2 saturated heterocycles. The lowest BCUT2D eigenvalue weighted by Gasteiger charge is -2.27. The minimum atomic E-state index is -0.683. The van der Waals surface area contributed by atoms with Gasteiger partial charge in [0.05, 0.1) is 6.54 Å². The molecule has 0 spiro atoms. The zero-order valence-electron chi connectivity index (χ0n) is 12.8. The van der Waals surface area contributed by atoms with Gasteiger partial charge in [-0.15, -0.1) is 0 Å². The molecule has 2 atom stereocenters. The number of cyclic esters (lactones) is 1. The van der Waals surface area contributed by atoms with Crippen molar-refractivity contribution < 1.29 is 24.2 Å². The molecular weight excluding hydrogens is 312 g/mol. The van der Waals surface area contributed by atoms with Gasteiger partial charge < -0.3 is 9.84 Å². The van der Waals surface area contributed by atoms with Crippen LogP contribution in [0.2, 0.25) is 0 Å². The Morgan fingerprint density at radius 3 is 2.92 bits per heavy atom. The number of benzene rings is 1. The highest BCUT2D eigenvalue weighted by Crippen LogP contribution is 2.29. The number of carbonyl (C=O) groups is 3. The Morgan fingerprint density at radius 2 is 2.17 bits per heavy atom. The Morgan fingerprint density at radius 1 is 1.33 bits per heavy atom. The molecule has 7 nitrogen and oxygen atoms in total. The fourth-order valence-electron chi connectivity index (χ4n) is 2.85. The van der Waals surface area contributed by atoms with Crippen LogP contribution in [0.5, 0.6) is 0 Å². The third kappa shape index (κ3) is 3.24. The fraction of sp³-hybridized carbons (Fsp3) is 0.353. The lowest BCUT2D eigenvalue weighted by Crippen LogP contribution is -2.52. The van der Waals surface area contributed by atoms with Crippen LogP contribution in [0, 0.1) is 11.8 Å². The van der Waals surface area contributed by atoms with Crippen LogP contribution < -0.4 is 5.32 Å². The Labute approximate surface area is 138 Å². The van der Waals surface area contributed by atoms with Crippen LogP contribution in [-0.2, 0) is 14.3 Å². The van der Waals surface area contributed by atoms with Gasteiger partial charge in [-0.1, -0.05) is 24.0 Å². The zero-order chi connectivity index (χ0) is 17.1. The highest BCUT2D eigenvalue weighted by molar-refractivity contribution is 6.01. The molecule has 0 bridgehead atoms. The number of amides is 3. The fourth-order valence-corrected chi connectivity index (χ4v) is 2.85. The molecular formula is C17H16N2O5. The molecule has 2 N–H and O–H groups in total. The van der Waals surface area contributed by atoms with E-state index in [9.17, 15) is 14.4 Å². The number of rotatable bonds is 2. The summed E-state index contributed by atoms with van der Waals surface area (Å²) in [5.74, 6) is 4.57. The Hall–Kier alpha value is -2.85. The number of ether oxygens (including phenoxy) is 1. The maximum absolute atomic E-state index is 12.1. The van der Waals surface area contributed by atoms with Gasteiger partial charge in [0.1, 0.15) is 18.8 Å². The molecule has 2 unspecified atom stereocenters. The summed E-state index contributed by atoms with van der Waals surface area (Å²) in [5, 5.41) is 11.0. The quantitative estimate of drug-likeness (QED) is 0.602. The van der Waals surface area contributed by atoms with Crippen molar-refractivity contribution in [2.24, 2.45) is 0 Å². The maximum atomic E-state index is 12.1. The van der Waals surface area contributed by atoms with E-state index < -0.39 is 24.1 Å². The smallest absolute Gasteiger partial charge is 0.411 e. The SMILES string of the molecule is O=C1CCC(N2CC(c3cccc(C#CCO)c3)OC2=O)C(=O)N1. The molecule has 0 saturated carbocycles. The van der Waals surface area contributed by atoms with E-state index in [0.29, 0.717) is 12.0 Å². The zero-order valence-corrected chi connectivity index (χ0v) is 12.8. The van der Waals surface area contributed by atoms with Gasteiger partial charge in [0.25, 0.3) is 0 Å². The summed E-state index contributed by atoms with van der Waals surface area (Å²) in [7, 11) is 0. The average molecular weight is 328 g/mol. The van der Waals surface area contributed by atoms with Crippen LogP contribution in [-0.4, -0.2) is 47.1 Å². The molecule has 2 aliphatic rings. The van der Waals surface area contributed by atoms with Crippen molar-refractivity contribution in [3.63, 3.8) is 0 Å². The molecule has 2 fully saturated rings. The summed E-state index contributed by atoms with van der Waals surface area (Å²) in [4.78, 5) is 36.6. The summed E-state index contributed by atoms with van der Waals surface area (Å²) >= 11 is 0. The second kappa shape index (κ2) is 6.72. The topological polar surface area (TPSA) is 95.9 Å². The lowest BCUT2D eigenvalue weighted by atomic mass is 10.0. The van der Waals surface area contributed by atoms with Crippen molar-refractivity contribution in [3.8, 4) is 11.8 Å². The highest BCUT2D eigenvalue weighted by Gasteiger charge is 2.41. The molecule has 1 aromatic carbocycles. The van der Waals surface area contributed by atoms with Crippen molar-refractivity contribution in [2.75, 3.05) is 13.2 Å². The second-order valence-electron chi connectivity index (χ2n) is 5.58. The van der Waals surface area contributed by atoms with E-state index in [4.69, 9.17) is 9.84 Å². The number of aliphatic hydroxyl groups is 1. The predicted molar refractivity (Wildman–Crippen MR) is 82.5 cm³/mol. The maximum Gasteiger partial charge on any atom is 0.411 e. The standard InChI is InChI=1S/C17H16N2O5/c20-8-2-4-11-3-1-5-12(9-11)14-10-19(17(23)24-14)13-6-7-15(21)18-16(13)22/h1,3,5,9,13-14,20H,6-8,10H2,(H,18,21,22). The minimum Gasteiger partial charge on any atom is -0.439 e. The van der Waals surface area contributed by atoms with E-state index in [1.807, 2.05) is 6.07 Å². The largest absolute Gasteiger partial charge is 0.439 e. The molecule has 7 heteroatoms. The van der Waals surface area contributed by atoms with Gasteiger partial charge in [0, 0.05) is 12.0 Å². The van der Waals surface area contributed by atoms with E-state index in [1.54, 1.807) is 18.2 Å². The number of nitrogens with one attached hydrogen (secondary N) is 1. The van der Waals surface area contributed by atoms with Crippen molar-refractivity contribution >= 4 is 17.9 Å². The summed E-state index contributed by atoms with van der Waals surface area (Å²) in [6, 6.07) is 6.50. The number of nitrogens with zero attached hydrogens (tertiary/aromatic N) is 1. The monoisotopic (exact) mass is 328 g/mol. The van der Waals surface area contributed by atoms with E-state index in [0.717, 1.165) is 5.56 Å². The van der Waals surface area contributed by atoms with Gasteiger partial charge in [-0.25, -0.2) is 4.79 Å². The van der Waals surface area contributed by atoms with Crippen LogP contribution in [0.25, 0.3) is 0 Å². The highest BCUT2D eigenvalue weighted by atomic mass is 16.6. The van der Waals surface area contributed by atoms with Crippen LogP contribution in [0.1, 0.15) is 30.1 Å². The molecule has 24 heavy (non-hydrogen) atoms. The average Bonchev–Trinajstić information content (AvgIpc) is 2.95. The Balaban J connectivity index is 1.75. The summed E-state index contributed by atoms with van der Waals surface area (Å²) in [6.45, 7) is 0.00786.